The van der Waals surface area contributed by atoms with Crippen LogP contribution in [0.4, 0.5) is 30.7 Å². The Hall–Kier alpha value is -5.37. The minimum atomic E-state index is -4.98. The predicted octanol–water partition coefficient (Wildman–Crippen LogP) is 8.22. The number of carbonyl (C=O) groups is 2. The normalized spacial score (nSPS) is 19.5. The number of rotatable bonds is 14. The molecule has 0 bridgehead atoms. The van der Waals surface area contributed by atoms with Crippen LogP contribution in [-0.4, -0.2) is 81.4 Å². The summed E-state index contributed by atoms with van der Waals surface area (Å²) in [4.78, 5) is 28.0. The highest BCUT2D eigenvalue weighted by Crippen LogP contribution is 2.71. The van der Waals surface area contributed by atoms with Gasteiger partial charge in [-0.3, -0.25) is 9.59 Å². The van der Waals surface area contributed by atoms with Gasteiger partial charge in [0.1, 0.15) is 34.5 Å². The van der Waals surface area contributed by atoms with E-state index >= 15 is 4.39 Å². The number of alkyl halides is 6. The highest BCUT2D eigenvalue weighted by molar-refractivity contribution is 8.05. The third-order valence-electron chi connectivity index (χ3n) is 9.51. The summed E-state index contributed by atoms with van der Waals surface area (Å²) in [6, 6.07) is 15.0. The van der Waals surface area contributed by atoms with Gasteiger partial charge in [-0.25, -0.2) is 4.39 Å². The Morgan fingerprint density at radius 3 is 1.36 bits per heavy atom. The number of benzene rings is 4. The van der Waals surface area contributed by atoms with E-state index in [4.69, 9.17) is 23.7 Å². The molecule has 0 aromatic heterocycles. The molecule has 2 heterocycles. The number of ether oxygens (including phenoxy) is 7. The second-order valence-corrected chi connectivity index (χ2v) is 15.1. The van der Waals surface area contributed by atoms with Crippen molar-refractivity contribution in [2.75, 3.05) is 47.1 Å². The predicted molar refractivity (Wildman–Crippen MR) is 201 cm³/mol. The summed E-state index contributed by atoms with van der Waals surface area (Å²) < 4.78 is 132. The topological polar surface area (TPSA) is 105 Å². The van der Waals surface area contributed by atoms with Crippen molar-refractivity contribution < 1.29 is 73.5 Å². The highest BCUT2D eigenvalue weighted by atomic mass is 32.2. The SMILES string of the molecule is COc1cc(OC)c(C2(C3(c4c(OC)ccc(F)c4OC)SCC(=O)N3Cc3ccc(OC(F)(F)F)cc3)SCC(=O)N2Cc2ccc(OC(F)(F)F)cc2)c(OC)c1. The molecule has 0 saturated carbocycles. The number of hydrogen-bond donors (Lipinski definition) is 0. The third kappa shape index (κ3) is 8.15. The first-order valence-electron chi connectivity index (χ1n) is 17.2. The third-order valence-corrected chi connectivity index (χ3v) is 12.7. The van der Waals surface area contributed by atoms with Gasteiger partial charge < -0.3 is 43.0 Å². The van der Waals surface area contributed by atoms with E-state index in [1.165, 1.54) is 87.8 Å². The first kappa shape index (κ1) is 43.2. The lowest BCUT2D eigenvalue weighted by Gasteiger charge is -2.54. The Labute approximate surface area is 341 Å². The van der Waals surface area contributed by atoms with Crippen LogP contribution in [0.25, 0.3) is 0 Å². The molecule has 20 heteroatoms. The van der Waals surface area contributed by atoms with Crippen molar-refractivity contribution >= 4 is 35.3 Å². The largest absolute Gasteiger partial charge is 0.573 e. The van der Waals surface area contributed by atoms with E-state index in [9.17, 15) is 35.9 Å². The summed E-state index contributed by atoms with van der Waals surface area (Å²) >= 11 is 2.03. The van der Waals surface area contributed by atoms with E-state index in [1.54, 1.807) is 0 Å². The van der Waals surface area contributed by atoms with E-state index in [2.05, 4.69) is 9.47 Å². The fourth-order valence-corrected chi connectivity index (χ4v) is 10.7. The van der Waals surface area contributed by atoms with Gasteiger partial charge in [0, 0.05) is 25.2 Å². The Bertz CT molecular complexity index is 2170. The lowest BCUT2D eigenvalue weighted by molar-refractivity contribution is -0.275. The van der Waals surface area contributed by atoms with Gasteiger partial charge in [-0.2, -0.15) is 0 Å². The summed E-state index contributed by atoms with van der Waals surface area (Å²) in [5.74, 6) is -3.44. The molecule has 0 spiro atoms. The zero-order chi connectivity index (χ0) is 42.9. The fraction of sp³-hybridized carbons (Fsp3) is 0.333. The minimum Gasteiger partial charge on any atom is -0.496 e. The van der Waals surface area contributed by atoms with Gasteiger partial charge in [0.2, 0.25) is 11.8 Å². The lowest BCUT2D eigenvalue weighted by Crippen LogP contribution is -2.61. The quantitative estimate of drug-likeness (QED) is 0.115. The van der Waals surface area contributed by atoms with Crippen molar-refractivity contribution in [3.8, 4) is 40.2 Å². The molecule has 2 fully saturated rings. The van der Waals surface area contributed by atoms with Gasteiger partial charge in [0.25, 0.3) is 0 Å². The number of halogens is 7. The molecule has 4 aromatic carbocycles. The molecule has 2 amide bonds. The second kappa shape index (κ2) is 16.7. The number of thioether (sulfide) groups is 2. The number of methoxy groups -OCH3 is 5. The zero-order valence-electron chi connectivity index (χ0n) is 31.8. The van der Waals surface area contributed by atoms with Crippen LogP contribution in [-0.2, 0) is 32.4 Å². The van der Waals surface area contributed by atoms with Crippen LogP contribution < -0.4 is 33.2 Å². The van der Waals surface area contributed by atoms with Crippen molar-refractivity contribution in [1.29, 1.82) is 0 Å². The molecule has 0 radical (unpaired) electrons. The molecular weight excluding hydrogens is 838 g/mol. The summed E-state index contributed by atoms with van der Waals surface area (Å²) in [6.45, 7) is -0.653. The van der Waals surface area contributed by atoms with Crippen LogP contribution in [0.2, 0.25) is 0 Å². The van der Waals surface area contributed by atoms with Gasteiger partial charge in [0.05, 0.1) is 58.2 Å². The number of hydrogen-bond acceptors (Lipinski definition) is 11. The van der Waals surface area contributed by atoms with E-state index in [0.29, 0.717) is 11.1 Å². The summed E-state index contributed by atoms with van der Waals surface area (Å²) in [6.07, 6.45) is -9.95. The molecule has 4 aromatic rings. The van der Waals surface area contributed by atoms with E-state index < -0.39 is 51.6 Å². The van der Waals surface area contributed by atoms with Crippen molar-refractivity contribution in [2.24, 2.45) is 0 Å². The maximum Gasteiger partial charge on any atom is 0.573 e. The number of nitrogens with zero attached hydrogens (tertiary/aromatic N) is 2. The molecule has 2 aliphatic heterocycles. The molecule has 6 rings (SSSR count). The standard InChI is InChI=1S/C39H35F7N2O9S2/c1-51-26-16-29(53-3)33(30(17-26)54-4)36(47(31(49)20-58-36)18-22-6-10-24(11-7-22)56-38(41,42)43)37(34-28(52-2)15-14-27(40)35(34)55-5)48(32(50)21-59-37)19-23-8-12-25(13-9-23)57-39(44,45)46/h6-17H,18-21H2,1-5H3. The molecule has 316 valence electrons. The number of carbonyl (C=O) groups excluding carboxylic acids is 2. The molecule has 2 atom stereocenters. The molecule has 2 saturated heterocycles. The van der Waals surface area contributed by atoms with Gasteiger partial charge in [-0.15, -0.1) is 49.9 Å². The average molecular weight is 873 g/mol. The minimum absolute atomic E-state index is 0.0174. The Balaban J connectivity index is 1.71. The summed E-state index contributed by atoms with van der Waals surface area (Å²) in [5.41, 5.74) is 0.738. The maximum atomic E-state index is 16.3. The lowest BCUT2D eigenvalue weighted by atomic mass is 9.85. The van der Waals surface area contributed by atoms with E-state index in [1.807, 2.05) is 0 Å². The van der Waals surface area contributed by atoms with Gasteiger partial charge in [-0.1, -0.05) is 24.3 Å². The monoisotopic (exact) mass is 872 g/mol. The fourth-order valence-electron chi connectivity index (χ4n) is 7.24. The van der Waals surface area contributed by atoms with Crippen LogP contribution in [0.3, 0.4) is 0 Å². The highest BCUT2D eigenvalue weighted by Gasteiger charge is 2.71. The Kier molecular flexibility index (Phi) is 12.2. The van der Waals surface area contributed by atoms with Crippen molar-refractivity contribution in [2.45, 2.75) is 35.6 Å². The first-order chi connectivity index (χ1) is 27.9. The van der Waals surface area contributed by atoms with Crippen molar-refractivity contribution in [3.05, 3.63) is 101 Å². The van der Waals surface area contributed by atoms with Crippen molar-refractivity contribution in [3.63, 3.8) is 0 Å². The molecular formula is C39H35F7N2O9S2. The average Bonchev–Trinajstić information content (AvgIpc) is 3.70. The molecule has 2 aliphatic rings. The molecule has 0 N–H and O–H groups in total. The Morgan fingerprint density at radius 1 is 0.559 bits per heavy atom. The van der Waals surface area contributed by atoms with Gasteiger partial charge in [-0.05, 0) is 47.5 Å². The summed E-state index contributed by atoms with van der Waals surface area (Å²) in [5, 5.41) is 0. The van der Waals surface area contributed by atoms with Gasteiger partial charge >= 0.3 is 12.7 Å². The van der Waals surface area contributed by atoms with Crippen LogP contribution in [0, 0.1) is 5.82 Å². The van der Waals surface area contributed by atoms with Crippen molar-refractivity contribution in [1.82, 2.24) is 9.80 Å². The zero-order valence-corrected chi connectivity index (χ0v) is 33.4. The van der Waals surface area contributed by atoms with E-state index in [-0.39, 0.29) is 64.5 Å². The molecule has 2 unspecified atom stereocenters. The number of amides is 2. The maximum absolute atomic E-state index is 16.3. The van der Waals surface area contributed by atoms with Crippen LogP contribution in [0.1, 0.15) is 22.3 Å². The van der Waals surface area contributed by atoms with Crippen LogP contribution in [0.5, 0.6) is 40.2 Å². The molecule has 11 nitrogen and oxygen atoms in total. The summed E-state index contributed by atoms with van der Waals surface area (Å²) in [7, 11) is 6.62. The van der Waals surface area contributed by atoms with Crippen LogP contribution >= 0.6 is 23.5 Å². The second-order valence-electron chi connectivity index (χ2n) is 12.8. The molecule has 0 aliphatic carbocycles. The van der Waals surface area contributed by atoms with E-state index in [0.717, 1.165) is 53.9 Å². The van der Waals surface area contributed by atoms with Crippen LogP contribution in [0.15, 0.2) is 72.8 Å². The Morgan fingerprint density at radius 2 is 0.983 bits per heavy atom. The molecule has 59 heavy (non-hydrogen) atoms. The van der Waals surface area contributed by atoms with Gasteiger partial charge in [0.15, 0.2) is 21.3 Å². The smallest absolute Gasteiger partial charge is 0.496 e. The first-order valence-corrected chi connectivity index (χ1v) is 19.2.